The summed E-state index contributed by atoms with van der Waals surface area (Å²) in [6.45, 7) is 8.19. The number of ether oxygens (including phenoxy) is 2. The second-order valence-corrected chi connectivity index (χ2v) is 11.4. The van der Waals surface area contributed by atoms with Crippen molar-refractivity contribution in [2.24, 2.45) is 35.0 Å². The van der Waals surface area contributed by atoms with Gasteiger partial charge in [-0.25, -0.2) is 0 Å². The summed E-state index contributed by atoms with van der Waals surface area (Å²) in [5, 5.41) is 20.3. The van der Waals surface area contributed by atoms with E-state index in [9.17, 15) is 19.8 Å². The van der Waals surface area contributed by atoms with Crippen LogP contribution < -0.4 is 0 Å². The summed E-state index contributed by atoms with van der Waals surface area (Å²) in [6, 6.07) is 0. The van der Waals surface area contributed by atoms with Gasteiger partial charge in [0.1, 0.15) is 6.10 Å². The number of aliphatic hydroxyl groups is 2. The van der Waals surface area contributed by atoms with Crippen LogP contribution in [0, 0.1) is 35.0 Å². The minimum Gasteiger partial charge on any atom is -0.465 e. The maximum absolute atomic E-state index is 12.6. The molecule has 6 heteroatoms. The standard InChI is InChI=1S/C26H44O6/c1-5-26(3,4)25(30)31-15-20-12-19(16(2)27)11-18-8-6-7-17(24(18)20)9-10-22-13-21(28)14-23(29)32-22/h16-22,24,27-28H,5-15H2,1-4H3/t16-,17-,18-,19-,20+,21+,22+,24-/m0/s1. The summed E-state index contributed by atoms with van der Waals surface area (Å²) in [5.74, 6) is 1.61. The van der Waals surface area contributed by atoms with E-state index in [-0.39, 0.29) is 42.4 Å². The number of rotatable bonds is 8. The number of aliphatic hydroxyl groups excluding tert-OH is 2. The van der Waals surface area contributed by atoms with E-state index in [1.165, 1.54) is 12.8 Å². The third kappa shape index (κ3) is 6.25. The van der Waals surface area contributed by atoms with E-state index in [2.05, 4.69) is 0 Å². The molecule has 0 unspecified atom stereocenters. The number of hydrogen-bond donors (Lipinski definition) is 2. The molecular formula is C26H44O6. The second-order valence-electron chi connectivity index (χ2n) is 11.4. The van der Waals surface area contributed by atoms with Crippen molar-refractivity contribution < 1.29 is 29.3 Å². The molecule has 0 amide bonds. The smallest absolute Gasteiger partial charge is 0.311 e. The van der Waals surface area contributed by atoms with Gasteiger partial charge in [0.05, 0.1) is 30.7 Å². The average molecular weight is 453 g/mol. The van der Waals surface area contributed by atoms with Gasteiger partial charge in [-0.3, -0.25) is 9.59 Å². The fourth-order valence-corrected chi connectivity index (χ4v) is 6.36. The van der Waals surface area contributed by atoms with Gasteiger partial charge in [0.2, 0.25) is 0 Å². The lowest BCUT2D eigenvalue weighted by molar-refractivity contribution is -0.160. The first-order valence-electron chi connectivity index (χ1n) is 12.8. The van der Waals surface area contributed by atoms with Crippen molar-refractivity contribution in [1.29, 1.82) is 0 Å². The van der Waals surface area contributed by atoms with E-state index in [0.29, 0.717) is 30.8 Å². The molecule has 2 saturated carbocycles. The highest BCUT2D eigenvalue weighted by atomic mass is 16.5. The van der Waals surface area contributed by atoms with E-state index >= 15 is 0 Å². The fraction of sp³-hybridized carbons (Fsp3) is 0.923. The molecule has 2 aliphatic carbocycles. The van der Waals surface area contributed by atoms with E-state index in [0.717, 1.165) is 38.5 Å². The largest absolute Gasteiger partial charge is 0.465 e. The van der Waals surface area contributed by atoms with Crippen molar-refractivity contribution in [3.63, 3.8) is 0 Å². The molecular weight excluding hydrogens is 408 g/mol. The predicted octanol–water partition coefficient (Wildman–Crippen LogP) is 4.25. The van der Waals surface area contributed by atoms with E-state index < -0.39 is 11.5 Å². The first-order valence-corrected chi connectivity index (χ1v) is 12.8. The predicted molar refractivity (Wildman–Crippen MR) is 122 cm³/mol. The third-order valence-electron chi connectivity index (χ3n) is 8.64. The summed E-state index contributed by atoms with van der Waals surface area (Å²) in [4.78, 5) is 24.4. The SMILES string of the molecule is CCC(C)(C)C(=O)OC[C@H]1C[C@@H]([C@H](C)O)C[C@@H]2CCC[C@@H](CC[C@@H]3C[C@@H](O)CC(=O)O3)[C@@H]21. The maximum Gasteiger partial charge on any atom is 0.311 e. The molecule has 0 bridgehead atoms. The lowest BCUT2D eigenvalue weighted by Crippen LogP contribution is -2.45. The van der Waals surface area contributed by atoms with Crippen LogP contribution in [0.25, 0.3) is 0 Å². The zero-order valence-electron chi connectivity index (χ0n) is 20.4. The van der Waals surface area contributed by atoms with Gasteiger partial charge in [0, 0.05) is 6.42 Å². The Labute approximate surface area is 193 Å². The summed E-state index contributed by atoms with van der Waals surface area (Å²) < 4.78 is 11.3. The Morgan fingerprint density at radius 2 is 1.94 bits per heavy atom. The lowest BCUT2D eigenvalue weighted by atomic mass is 9.57. The van der Waals surface area contributed by atoms with Crippen molar-refractivity contribution in [2.75, 3.05) is 6.61 Å². The van der Waals surface area contributed by atoms with Gasteiger partial charge in [-0.1, -0.05) is 26.2 Å². The van der Waals surface area contributed by atoms with Gasteiger partial charge >= 0.3 is 11.9 Å². The van der Waals surface area contributed by atoms with Gasteiger partial charge in [0.25, 0.3) is 0 Å². The molecule has 0 aromatic heterocycles. The number of hydrogen-bond acceptors (Lipinski definition) is 6. The summed E-state index contributed by atoms with van der Waals surface area (Å²) in [5.41, 5.74) is -0.477. The summed E-state index contributed by atoms with van der Waals surface area (Å²) >= 11 is 0. The Morgan fingerprint density at radius 3 is 2.59 bits per heavy atom. The van der Waals surface area contributed by atoms with Gasteiger partial charge < -0.3 is 19.7 Å². The monoisotopic (exact) mass is 452 g/mol. The minimum absolute atomic E-state index is 0.104. The maximum atomic E-state index is 12.6. The van der Waals surface area contributed by atoms with Crippen LogP contribution in [0.4, 0.5) is 0 Å². The minimum atomic E-state index is -0.587. The number of cyclic esters (lactones) is 1. The quantitative estimate of drug-likeness (QED) is 0.535. The van der Waals surface area contributed by atoms with Crippen molar-refractivity contribution in [1.82, 2.24) is 0 Å². The molecule has 3 aliphatic rings. The first-order chi connectivity index (χ1) is 15.1. The van der Waals surface area contributed by atoms with Crippen LogP contribution in [0.5, 0.6) is 0 Å². The Bertz CT molecular complexity index is 644. The molecule has 1 aliphatic heterocycles. The number of esters is 2. The molecule has 6 nitrogen and oxygen atoms in total. The molecule has 0 spiro atoms. The van der Waals surface area contributed by atoms with Gasteiger partial charge in [0.15, 0.2) is 0 Å². The van der Waals surface area contributed by atoms with Crippen LogP contribution in [0.2, 0.25) is 0 Å². The van der Waals surface area contributed by atoms with E-state index in [1.807, 2.05) is 27.7 Å². The highest BCUT2D eigenvalue weighted by molar-refractivity contribution is 5.75. The zero-order valence-corrected chi connectivity index (χ0v) is 20.4. The van der Waals surface area contributed by atoms with Crippen LogP contribution in [-0.4, -0.2) is 47.1 Å². The van der Waals surface area contributed by atoms with Crippen molar-refractivity contribution in [3.8, 4) is 0 Å². The molecule has 0 aromatic carbocycles. The molecule has 2 N–H and O–H groups in total. The number of fused-ring (bicyclic) bond motifs is 1. The Kier molecular flexibility index (Phi) is 8.65. The van der Waals surface area contributed by atoms with E-state index in [4.69, 9.17) is 9.47 Å². The third-order valence-corrected chi connectivity index (χ3v) is 8.64. The number of carbonyl (C=O) groups excluding carboxylic acids is 2. The van der Waals surface area contributed by atoms with Crippen LogP contribution in [0.3, 0.4) is 0 Å². The topological polar surface area (TPSA) is 93.1 Å². The molecule has 8 atom stereocenters. The van der Waals surface area contributed by atoms with Crippen LogP contribution in [0.15, 0.2) is 0 Å². The van der Waals surface area contributed by atoms with Gasteiger partial charge in [-0.05, 0) is 82.5 Å². The molecule has 1 heterocycles. The molecule has 1 saturated heterocycles. The Hall–Kier alpha value is -1.14. The summed E-state index contributed by atoms with van der Waals surface area (Å²) in [7, 11) is 0. The second kappa shape index (κ2) is 10.9. The van der Waals surface area contributed by atoms with Gasteiger partial charge in [-0.15, -0.1) is 0 Å². The Balaban J connectivity index is 1.67. The van der Waals surface area contributed by atoms with E-state index in [1.54, 1.807) is 0 Å². The number of carbonyl (C=O) groups is 2. The molecule has 3 fully saturated rings. The van der Waals surface area contributed by atoms with Crippen molar-refractivity contribution in [3.05, 3.63) is 0 Å². The molecule has 32 heavy (non-hydrogen) atoms. The van der Waals surface area contributed by atoms with Crippen molar-refractivity contribution >= 4 is 11.9 Å². The zero-order chi connectivity index (χ0) is 23.5. The van der Waals surface area contributed by atoms with Crippen LogP contribution in [0.1, 0.15) is 91.9 Å². The molecule has 0 radical (unpaired) electrons. The van der Waals surface area contributed by atoms with Gasteiger partial charge in [-0.2, -0.15) is 0 Å². The molecule has 3 rings (SSSR count). The van der Waals surface area contributed by atoms with Crippen LogP contribution in [-0.2, 0) is 19.1 Å². The summed E-state index contributed by atoms with van der Waals surface area (Å²) in [6.07, 6.45) is 7.45. The Morgan fingerprint density at radius 1 is 1.19 bits per heavy atom. The lowest BCUT2D eigenvalue weighted by Gasteiger charge is -2.49. The van der Waals surface area contributed by atoms with Crippen LogP contribution >= 0.6 is 0 Å². The first kappa shape index (κ1) is 25.5. The molecule has 0 aromatic rings. The highest BCUT2D eigenvalue weighted by Crippen LogP contribution is 2.51. The van der Waals surface area contributed by atoms with Crippen molar-refractivity contribution in [2.45, 2.75) is 110 Å². The fourth-order valence-electron chi connectivity index (χ4n) is 6.36. The molecule has 184 valence electrons. The normalized spacial score (nSPS) is 36.7. The average Bonchev–Trinajstić information content (AvgIpc) is 2.74. The highest BCUT2D eigenvalue weighted by Gasteiger charge is 2.45.